The van der Waals surface area contributed by atoms with Crippen LogP contribution in [0.25, 0.3) is 6.08 Å². The van der Waals surface area contributed by atoms with Crippen molar-refractivity contribution in [3.63, 3.8) is 0 Å². The van der Waals surface area contributed by atoms with Crippen LogP contribution in [0.15, 0.2) is 72.1 Å². The van der Waals surface area contributed by atoms with Crippen LogP contribution < -0.4 is 4.74 Å². The molecule has 2 heterocycles. The molecule has 166 valence electrons. The van der Waals surface area contributed by atoms with E-state index in [9.17, 15) is 9.18 Å². The van der Waals surface area contributed by atoms with Crippen LogP contribution in [-0.2, 0) is 22.7 Å². The van der Waals surface area contributed by atoms with Gasteiger partial charge in [-0.1, -0.05) is 30.3 Å². The van der Waals surface area contributed by atoms with Crippen molar-refractivity contribution in [1.29, 1.82) is 0 Å². The Morgan fingerprint density at radius 2 is 2.06 bits per heavy atom. The van der Waals surface area contributed by atoms with Crippen LogP contribution in [0.5, 0.6) is 5.75 Å². The Kier molecular flexibility index (Phi) is 7.69. The van der Waals surface area contributed by atoms with Gasteiger partial charge in [-0.3, -0.25) is 4.79 Å². The molecule has 1 aliphatic rings. The van der Waals surface area contributed by atoms with E-state index in [4.69, 9.17) is 9.47 Å². The topological polar surface area (TPSA) is 38.8 Å². The van der Waals surface area contributed by atoms with Crippen LogP contribution in [0.3, 0.4) is 0 Å². The molecular formula is C26H26FNO3S. The van der Waals surface area contributed by atoms with Crippen molar-refractivity contribution in [2.24, 2.45) is 0 Å². The molecule has 1 atom stereocenters. The first-order valence-electron chi connectivity index (χ1n) is 10.7. The summed E-state index contributed by atoms with van der Waals surface area (Å²) in [7, 11) is 0. The third-order valence-electron chi connectivity index (χ3n) is 5.28. The third kappa shape index (κ3) is 6.52. The summed E-state index contributed by atoms with van der Waals surface area (Å²) < 4.78 is 25.0. The number of hydrogen-bond acceptors (Lipinski definition) is 4. The average Bonchev–Trinajstić information content (AvgIpc) is 3.51. The van der Waals surface area contributed by atoms with Gasteiger partial charge in [0.25, 0.3) is 0 Å². The normalized spacial score (nSPS) is 15.8. The van der Waals surface area contributed by atoms with E-state index in [0.717, 1.165) is 30.8 Å². The predicted molar refractivity (Wildman–Crippen MR) is 125 cm³/mol. The smallest absolute Gasteiger partial charge is 0.246 e. The van der Waals surface area contributed by atoms with E-state index in [1.54, 1.807) is 34.4 Å². The first-order chi connectivity index (χ1) is 15.7. The maximum Gasteiger partial charge on any atom is 0.246 e. The number of hydrogen-bond donors (Lipinski definition) is 0. The van der Waals surface area contributed by atoms with Crippen molar-refractivity contribution in [3.05, 3.63) is 93.9 Å². The number of halogens is 1. The maximum atomic E-state index is 13.4. The number of ether oxygens (including phenoxy) is 2. The predicted octanol–water partition coefficient (Wildman–Crippen LogP) is 5.69. The van der Waals surface area contributed by atoms with E-state index >= 15 is 0 Å². The molecule has 1 fully saturated rings. The second-order valence-corrected chi connectivity index (χ2v) is 8.79. The first-order valence-corrected chi connectivity index (χ1v) is 11.6. The largest absolute Gasteiger partial charge is 0.488 e. The molecule has 0 unspecified atom stereocenters. The molecule has 1 saturated heterocycles. The van der Waals surface area contributed by atoms with Gasteiger partial charge in [-0.05, 0) is 65.8 Å². The number of rotatable bonds is 9. The van der Waals surface area contributed by atoms with E-state index < -0.39 is 0 Å². The lowest BCUT2D eigenvalue weighted by Gasteiger charge is -2.24. The van der Waals surface area contributed by atoms with E-state index in [0.29, 0.717) is 25.3 Å². The zero-order valence-electron chi connectivity index (χ0n) is 17.8. The second kappa shape index (κ2) is 11.1. The molecular weight excluding hydrogens is 425 g/mol. The molecule has 0 bridgehead atoms. The van der Waals surface area contributed by atoms with Crippen LogP contribution in [0, 0.1) is 5.82 Å². The molecule has 3 aromatic rings. The minimum atomic E-state index is -0.322. The summed E-state index contributed by atoms with van der Waals surface area (Å²) in [6.45, 7) is 2.29. The number of amides is 1. The SMILES string of the molecule is O=C(/C=C/c1cccc(F)c1)N(Cc1ccc(OCc2cccs2)cc1)C[C@H]1CCCO1. The Morgan fingerprint density at radius 1 is 1.19 bits per heavy atom. The molecule has 6 heteroatoms. The number of carbonyl (C=O) groups is 1. The van der Waals surface area contributed by atoms with Crippen LogP contribution in [0.2, 0.25) is 0 Å². The summed E-state index contributed by atoms with van der Waals surface area (Å²) in [6, 6.07) is 18.1. The Hall–Kier alpha value is -2.96. The number of nitrogens with zero attached hydrogens (tertiary/aromatic N) is 1. The summed E-state index contributed by atoms with van der Waals surface area (Å²) in [4.78, 5) is 15.9. The van der Waals surface area contributed by atoms with Gasteiger partial charge < -0.3 is 14.4 Å². The monoisotopic (exact) mass is 451 g/mol. The average molecular weight is 452 g/mol. The zero-order valence-corrected chi connectivity index (χ0v) is 18.6. The first kappa shape index (κ1) is 22.2. The highest BCUT2D eigenvalue weighted by atomic mass is 32.1. The maximum absolute atomic E-state index is 13.4. The van der Waals surface area contributed by atoms with Crippen molar-refractivity contribution >= 4 is 23.3 Å². The van der Waals surface area contributed by atoms with Gasteiger partial charge in [0.05, 0.1) is 6.10 Å². The molecule has 1 amide bonds. The minimum absolute atomic E-state index is 0.0509. The van der Waals surface area contributed by atoms with Crippen molar-refractivity contribution in [3.8, 4) is 5.75 Å². The number of thiophene rings is 1. The molecule has 1 aromatic heterocycles. The van der Waals surface area contributed by atoms with Crippen molar-refractivity contribution in [2.45, 2.75) is 32.1 Å². The second-order valence-electron chi connectivity index (χ2n) is 7.75. The van der Waals surface area contributed by atoms with Crippen molar-refractivity contribution < 1.29 is 18.7 Å². The molecule has 32 heavy (non-hydrogen) atoms. The number of benzene rings is 2. The summed E-state index contributed by atoms with van der Waals surface area (Å²) >= 11 is 1.67. The summed E-state index contributed by atoms with van der Waals surface area (Å²) in [5.41, 5.74) is 1.67. The highest BCUT2D eigenvalue weighted by Crippen LogP contribution is 2.19. The van der Waals surface area contributed by atoms with Gasteiger partial charge in [-0.15, -0.1) is 11.3 Å². The molecule has 0 saturated carbocycles. The molecule has 1 aliphatic heterocycles. The summed E-state index contributed by atoms with van der Waals surface area (Å²) in [5, 5.41) is 2.03. The molecule has 0 aliphatic carbocycles. The van der Waals surface area contributed by atoms with Crippen molar-refractivity contribution in [1.82, 2.24) is 4.90 Å². The van der Waals surface area contributed by atoms with Gasteiger partial charge in [0, 0.05) is 30.6 Å². The Labute approximate surface area is 191 Å². The fourth-order valence-electron chi connectivity index (χ4n) is 3.61. The van der Waals surface area contributed by atoms with Crippen LogP contribution >= 0.6 is 11.3 Å². The van der Waals surface area contributed by atoms with E-state index in [2.05, 4.69) is 0 Å². The van der Waals surface area contributed by atoms with Crippen molar-refractivity contribution in [2.75, 3.05) is 13.2 Å². The molecule has 0 spiro atoms. The fraction of sp³-hybridized carbons (Fsp3) is 0.269. The summed E-state index contributed by atoms with van der Waals surface area (Å²) in [5.74, 6) is 0.352. The Balaban J connectivity index is 1.40. The van der Waals surface area contributed by atoms with Gasteiger partial charge in [-0.25, -0.2) is 4.39 Å². The quantitative estimate of drug-likeness (QED) is 0.393. The van der Waals surface area contributed by atoms with Crippen LogP contribution in [0.4, 0.5) is 4.39 Å². The molecule has 2 aromatic carbocycles. The lowest BCUT2D eigenvalue weighted by Crippen LogP contribution is -2.35. The third-order valence-corrected chi connectivity index (χ3v) is 6.13. The molecule has 4 rings (SSSR count). The van der Waals surface area contributed by atoms with Crippen LogP contribution in [0.1, 0.15) is 28.8 Å². The van der Waals surface area contributed by atoms with Gasteiger partial charge in [0.15, 0.2) is 0 Å². The lowest BCUT2D eigenvalue weighted by molar-refractivity contribution is -0.128. The van der Waals surface area contributed by atoms with E-state index in [1.807, 2.05) is 41.8 Å². The van der Waals surface area contributed by atoms with Gasteiger partial charge >= 0.3 is 0 Å². The molecule has 0 radical (unpaired) electrons. The molecule has 0 N–H and O–H groups in total. The number of carbonyl (C=O) groups excluding carboxylic acids is 1. The van der Waals surface area contributed by atoms with Crippen LogP contribution in [-0.4, -0.2) is 30.1 Å². The van der Waals surface area contributed by atoms with E-state index in [1.165, 1.54) is 23.1 Å². The van der Waals surface area contributed by atoms with Gasteiger partial charge in [0.1, 0.15) is 18.2 Å². The summed E-state index contributed by atoms with van der Waals surface area (Å²) in [6.07, 6.45) is 5.17. The molecule has 4 nitrogen and oxygen atoms in total. The minimum Gasteiger partial charge on any atom is -0.488 e. The lowest BCUT2D eigenvalue weighted by atomic mass is 10.1. The van der Waals surface area contributed by atoms with Gasteiger partial charge in [-0.2, -0.15) is 0 Å². The highest BCUT2D eigenvalue weighted by molar-refractivity contribution is 7.09. The van der Waals surface area contributed by atoms with E-state index in [-0.39, 0.29) is 17.8 Å². The standard InChI is InChI=1S/C26H26FNO3S/c27-22-5-1-4-20(16-22)10-13-26(29)28(18-24-6-2-14-30-24)17-21-8-11-23(12-9-21)31-19-25-7-3-15-32-25/h1,3-5,7-13,15-16,24H,2,6,14,17-19H2/b13-10+/t24-/m1/s1. The highest BCUT2D eigenvalue weighted by Gasteiger charge is 2.21. The Morgan fingerprint density at radius 3 is 2.78 bits per heavy atom. The fourth-order valence-corrected chi connectivity index (χ4v) is 4.23. The Bertz CT molecular complexity index is 1030. The van der Waals surface area contributed by atoms with Gasteiger partial charge in [0.2, 0.25) is 5.91 Å². The zero-order chi connectivity index (χ0) is 22.2.